The summed E-state index contributed by atoms with van der Waals surface area (Å²) in [6.45, 7) is 2.90. The molecule has 1 aliphatic rings. The lowest BCUT2D eigenvalue weighted by atomic mass is 10.0. The Morgan fingerprint density at radius 1 is 1.35 bits per heavy atom. The van der Waals surface area contributed by atoms with E-state index in [4.69, 9.17) is 10.8 Å². The quantitative estimate of drug-likeness (QED) is 0.821. The average Bonchev–Trinajstić information content (AvgIpc) is 2.38. The van der Waals surface area contributed by atoms with Gasteiger partial charge >= 0.3 is 5.97 Å². The molecule has 0 unspecified atom stereocenters. The molecule has 110 valence electrons. The number of nitrogen functional groups attached to an aromatic ring is 1. The van der Waals surface area contributed by atoms with Crippen LogP contribution in [0.4, 0.5) is 5.69 Å². The van der Waals surface area contributed by atoms with Crippen LogP contribution in [-0.2, 0) is 10.0 Å². The van der Waals surface area contributed by atoms with E-state index < -0.39 is 16.0 Å². The van der Waals surface area contributed by atoms with Crippen molar-refractivity contribution in [3.63, 3.8) is 0 Å². The Kier molecular flexibility index (Phi) is 4.01. The summed E-state index contributed by atoms with van der Waals surface area (Å²) in [6.07, 6.45) is 1.56. The minimum atomic E-state index is -3.81. The number of carboxylic acids is 1. The summed E-state index contributed by atoms with van der Waals surface area (Å²) < 4.78 is 26.5. The third-order valence-electron chi connectivity index (χ3n) is 3.60. The molecule has 0 radical (unpaired) electrons. The van der Waals surface area contributed by atoms with Gasteiger partial charge in [0, 0.05) is 18.8 Å². The summed E-state index contributed by atoms with van der Waals surface area (Å²) in [6, 6.07) is 3.84. The number of nitrogens with zero attached hydrogens (tertiary/aromatic N) is 1. The van der Waals surface area contributed by atoms with Gasteiger partial charge < -0.3 is 10.8 Å². The van der Waals surface area contributed by atoms with Crippen molar-refractivity contribution < 1.29 is 18.3 Å². The van der Waals surface area contributed by atoms with Gasteiger partial charge in [-0.3, -0.25) is 0 Å². The van der Waals surface area contributed by atoms with Crippen LogP contribution in [0.25, 0.3) is 0 Å². The van der Waals surface area contributed by atoms with E-state index in [0.717, 1.165) is 12.8 Å². The zero-order chi connectivity index (χ0) is 14.9. The third-order valence-corrected chi connectivity index (χ3v) is 5.54. The predicted molar refractivity (Wildman–Crippen MR) is 75.0 cm³/mol. The number of nitrogens with two attached hydrogens (primary N) is 1. The van der Waals surface area contributed by atoms with E-state index in [1.807, 2.05) is 0 Å². The summed E-state index contributed by atoms with van der Waals surface area (Å²) in [5.41, 5.74) is 5.60. The molecule has 0 spiro atoms. The lowest BCUT2D eigenvalue weighted by Crippen LogP contribution is -2.38. The number of rotatable bonds is 3. The van der Waals surface area contributed by atoms with E-state index in [2.05, 4.69) is 6.92 Å². The van der Waals surface area contributed by atoms with E-state index in [1.54, 1.807) is 0 Å². The second-order valence-electron chi connectivity index (χ2n) is 5.15. The molecule has 1 aromatic rings. The Morgan fingerprint density at radius 2 is 1.95 bits per heavy atom. The molecule has 2 rings (SSSR count). The highest BCUT2D eigenvalue weighted by molar-refractivity contribution is 7.89. The number of hydrogen-bond donors (Lipinski definition) is 2. The van der Waals surface area contributed by atoms with E-state index in [9.17, 15) is 13.2 Å². The van der Waals surface area contributed by atoms with Gasteiger partial charge in [-0.2, -0.15) is 4.31 Å². The van der Waals surface area contributed by atoms with Crippen molar-refractivity contribution in [2.75, 3.05) is 18.8 Å². The van der Waals surface area contributed by atoms with Crippen molar-refractivity contribution in [2.45, 2.75) is 24.7 Å². The van der Waals surface area contributed by atoms with Crippen molar-refractivity contribution >= 4 is 21.7 Å². The third kappa shape index (κ3) is 2.78. The van der Waals surface area contributed by atoms with Gasteiger partial charge in [0.05, 0.1) is 10.5 Å². The van der Waals surface area contributed by atoms with Gasteiger partial charge in [-0.05, 0) is 37.0 Å². The lowest BCUT2D eigenvalue weighted by molar-refractivity contribution is 0.0692. The highest BCUT2D eigenvalue weighted by atomic mass is 32.2. The maximum Gasteiger partial charge on any atom is 0.337 e. The first-order valence-corrected chi connectivity index (χ1v) is 7.89. The Hall–Kier alpha value is -1.60. The van der Waals surface area contributed by atoms with Gasteiger partial charge in [0.1, 0.15) is 0 Å². The highest BCUT2D eigenvalue weighted by Gasteiger charge is 2.31. The van der Waals surface area contributed by atoms with Crippen LogP contribution in [0.3, 0.4) is 0 Å². The van der Waals surface area contributed by atoms with Crippen molar-refractivity contribution in [2.24, 2.45) is 5.92 Å². The fourth-order valence-corrected chi connectivity index (χ4v) is 3.98. The Labute approximate surface area is 118 Å². The highest BCUT2D eigenvalue weighted by Crippen LogP contribution is 2.27. The summed E-state index contributed by atoms with van der Waals surface area (Å²) in [5, 5.41) is 9.14. The SMILES string of the molecule is CC1CCN(S(=O)(=O)c2cc(N)ccc2C(=O)O)CC1. The molecular weight excluding hydrogens is 280 g/mol. The maximum absolute atomic E-state index is 12.6. The minimum absolute atomic E-state index is 0.223. The topological polar surface area (TPSA) is 101 Å². The van der Waals surface area contributed by atoms with Gasteiger partial charge in [0.2, 0.25) is 10.0 Å². The summed E-state index contributed by atoms with van der Waals surface area (Å²) in [4.78, 5) is 11.0. The number of anilines is 1. The maximum atomic E-state index is 12.6. The van der Waals surface area contributed by atoms with Crippen LogP contribution in [0.5, 0.6) is 0 Å². The standard InChI is InChI=1S/C13H18N2O4S/c1-9-4-6-15(7-5-9)20(18,19)12-8-10(14)2-3-11(12)13(16)17/h2-3,8-9H,4-7,14H2,1H3,(H,16,17). The van der Waals surface area contributed by atoms with Crippen LogP contribution in [0.2, 0.25) is 0 Å². The van der Waals surface area contributed by atoms with Crippen LogP contribution in [-0.4, -0.2) is 36.9 Å². The molecule has 1 saturated heterocycles. The van der Waals surface area contributed by atoms with Crippen molar-refractivity contribution in [1.82, 2.24) is 4.31 Å². The number of carbonyl (C=O) groups is 1. The molecule has 0 saturated carbocycles. The Balaban J connectivity index is 2.43. The average molecular weight is 298 g/mol. The summed E-state index contributed by atoms with van der Waals surface area (Å²) in [7, 11) is -3.81. The molecule has 1 heterocycles. The van der Waals surface area contributed by atoms with Crippen LogP contribution in [0.15, 0.2) is 23.1 Å². The minimum Gasteiger partial charge on any atom is -0.478 e. The summed E-state index contributed by atoms with van der Waals surface area (Å²) in [5.74, 6) is -0.782. The monoisotopic (exact) mass is 298 g/mol. The van der Waals surface area contributed by atoms with Gasteiger partial charge in [-0.15, -0.1) is 0 Å². The smallest absolute Gasteiger partial charge is 0.337 e. The Morgan fingerprint density at radius 3 is 2.50 bits per heavy atom. The van der Waals surface area contributed by atoms with Crippen LogP contribution < -0.4 is 5.73 Å². The number of hydrogen-bond acceptors (Lipinski definition) is 4. The molecule has 0 bridgehead atoms. The van der Waals surface area contributed by atoms with Crippen molar-refractivity contribution in [3.8, 4) is 0 Å². The van der Waals surface area contributed by atoms with E-state index in [-0.39, 0.29) is 16.1 Å². The number of sulfonamides is 1. The number of piperidine rings is 1. The molecule has 0 atom stereocenters. The van der Waals surface area contributed by atoms with E-state index >= 15 is 0 Å². The molecular formula is C13H18N2O4S. The van der Waals surface area contributed by atoms with Gasteiger partial charge in [-0.1, -0.05) is 6.92 Å². The van der Waals surface area contributed by atoms with Crippen LogP contribution >= 0.6 is 0 Å². The molecule has 1 aliphatic heterocycles. The molecule has 0 aromatic heterocycles. The summed E-state index contributed by atoms with van der Waals surface area (Å²) >= 11 is 0. The van der Waals surface area contributed by atoms with Gasteiger partial charge in [0.15, 0.2) is 0 Å². The number of aromatic carboxylic acids is 1. The van der Waals surface area contributed by atoms with E-state index in [0.29, 0.717) is 19.0 Å². The van der Waals surface area contributed by atoms with Crippen molar-refractivity contribution in [1.29, 1.82) is 0 Å². The Bertz CT molecular complexity index is 619. The first kappa shape index (κ1) is 14.8. The second kappa shape index (κ2) is 5.41. The molecule has 7 heteroatoms. The first-order valence-electron chi connectivity index (χ1n) is 6.45. The van der Waals surface area contributed by atoms with E-state index in [1.165, 1.54) is 22.5 Å². The van der Waals surface area contributed by atoms with Crippen LogP contribution in [0, 0.1) is 5.92 Å². The van der Waals surface area contributed by atoms with Gasteiger partial charge in [0.25, 0.3) is 0 Å². The van der Waals surface area contributed by atoms with Gasteiger partial charge in [-0.25, -0.2) is 13.2 Å². The molecule has 6 nitrogen and oxygen atoms in total. The fraction of sp³-hybridized carbons (Fsp3) is 0.462. The lowest BCUT2D eigenvalue weighted by Gasteiger charge is -2.29. The molecule has 20 heavy (non-hydrogen) atoms. The largest absolute Gasteiger partial charge is 0.478 e. The molecule has 3 N–H and O–H groups in total. The molecule has 0 amide bonds. The first-order chi connectivity index (χ1) is 9.32. The zero-order valence-electron chi connectivity index (χ0n) is 11.2. The second-order valence-corrected chi connectivity index (χ2v) is 7.05. The predicted octanol–water partition coefficient (Wildman–Crippen LogP) is 1.39. The molecule has 0 aliphatic carbocycles. The van der Waals surface area contributed by atoms with Crippen molar-refractivity contribution in [3.05, 3.63) is 23.8 Å². The molecule has 1 fully saturated rings. The number of benzene rings is 1. The van der Waals surface area contributed by atoms with Crippen LogP contribution in [0.1, 0.15) is 30.1 Å². The fourth-order valence-electron chi connectivity index (χ4n) is 2.29. The zero-order valence-corrected chi connectivity index (χ0v) is 12.1. The normalized spacial score (nSPS) is 18.1. The molecule has 1 aromatic carbocycles. The number of carboxylic acid groups (broad SMARTS) is 1.